The predicted octanol–water partition coefficient (Wildman–Crippen LogP) is 3.47. The van der Waals surface area contributed by atoms with E-state index in [1.807, 2.05) is 18.2 Å². The number of carboxylic acid groups (broad SMARTS) is 1. The van der Waals surface area contributed by atoms with Crippen molar-refractivity contribution in [1.29, 1.82) is 0 Å². The van der Waals surface area contributed by atoms with E-state index >= 15 is 0 Å². The van der Waals surface area contributed by atoms with Crippen molar-refractivity contribution in [3.05, 3.63) is 35.9 Å². The lowest BCUT2D eigenvalue weighted by molar-refractivity contribution is -0.142. The third-order valence-electron chi connectivity index (χ3n) is 4.94. The fourth-order valence-corrected chi connectivity index (χ4v) is 3.97. The van der Waals surface area contributed by atoms with Gasteiger partial charge in [0.2, 0.25) is 0 Å². The molecule has 1 N–H and O–H groups in total. The van der Waals surface area contributed by atoms with Gasteiger partial charge in [-0.25, -0.2) is 0 Å². The van der Waals surface area contributed by atoms with Crippen LogP contribution in [0.3, 0.4) is 0 Å². The molecule has 20 heavy (non-hydrogen) atoms. The summed E-state index contributed by atoms with van der Waals surface area (Å²) in [7, 11) is 0. The Kier molecular flexibility index (Phi) is 4.06. The number of carbonyl (C=O) groups is 1. The average molecular weight is 273 g/mol. The lowest BCUT2D eigenvalue weighted by Gasteiger charge is -2.36. The van der Waals surface area contributed by atoms with Gasteiger partial charge in [0.05, 0.1) is 5.92 Å². The molecule has 1 aliphatic heterocycles. The van der Waals surface area contributed by atoms with Gasteiger partial charge >= 0.3 is 5.97 Å². The molecule has 0 amide bonds. The number of hydrogen-bond acceptors (Lipinski definition) is 2. The van der Waals surface area contributed by atoms with Crippen molar-refractivity contribution < 1.29 is 9.90 Å². The quantitative estimate of drug-likeness (QED) is 0.916. The van der Waals surface area contributed by atoms with Crippen LogP contribution in [0.4, 0.5) is 0 Å². The van der Waals surface area contributed by atoms with E-state index in [0.29, 0.717) is 6.04 Å². The maximum Gasteiger partial charge on any atom is 0.308 e. The molecular weight excluding hydrogens is 250 g/mol. The van der Waals surface area contributed by atoms with Gasteiger partial charge in [-0.3, -0.25) is 9.69 Å². The summed E-state index contributed by atoms with van der Waals surface area (Å²) in [5, 5.41) is 9.53. The molecule has 3 heteroatoms. The van der Waals surface area contributed by atoms with Crippen molar-refractivity contribution in [2.24, 2.45) is 5.92 Å². The van der Waals surface area contributed by atoms with Crippen LogP contribution in [-0.2, 0) is 4.79 Å². The van der Waals surface area contributed by atoms with Crippen LogP contribution >= 0.6 is 0 Å². The van der Waals surface area contributed by atoms with Crippen molar-refractivity contribution in [3.8, 4) is 0 Å². The van der Waals surface area contributed by atoms with Crippen LogP contribution in [0.25, 0.3) is 0 Å². The van der Waals surface area contributed by atoms with Crippen molar-refractivity contribution >= 4 is 5.97 Å². The van der Waals surface area contributed by atoms with Gasteiger partial charge < -0.3 is 5.11 Å². The number of carboxylic acids is 1. The molecule has 0 aromatic heterocycles. The standard InChI is InChI=1S/C17H23NO2/c19-17(20)15-11-12-18(14-9-5-2-6-10-14)16(15)13-7-3-1-4-8-13/h1,3-4,7-8,14-16H,2,5-6,9-12H2,(H,19,20). The zero-order valence-electron chi connectivity index (χ0n) is 11.9. The zero-order valence-corrected chi connectivity index (χ0v) is 11.9. The maximum atomic E-state index is 11.6. The fourth-order valence-electron chi connectivity index (χ4n) is 3.97. The minimum atomic E-state index is -0.642. The van der Waals surface area contributed by atoms with Crippen LogP contribution in [0.1, 0.15) is 50.1 Å². The first-order valence-electron chi connectivity index (χ1n) is 7.81. The Morgan fingerprint density at radius 1 is 1.05 bits per heavy atom. The molecular formula is C17H23NO2. The largest absolute Gasteiger partial charge is 0.481 e. The molecule has 0 bridgehead atoms. The number of rotatable bonds is 3. The number of aliphatic carboxylic acids is 1. The summed E-state index contributed by atoms with van der Waals surface area (Å²) in [6.45, 7) is 0.932. The van der Waals surface area contributed by atoms with Gasteiger partial charge in [0.25, 0.3) is 0 Å². The van der Waals surface area contributed by atoms with Crippen LogP contribution in [0.2, 0.25) is 0 Å². The molecule has 1 heterocycles. The molecule has 1 aliphatic carbocycles. The Bertz CT molecular complexity index is 453. The second-order valence-corrected chi connectivity index (χ2v) is 6.12. The number of nitrogens with zero attached hydrogens (tertiary/aromatic N) is 1. The molecule has 3 rings (SSSR count). The highest BCUT2D eigenvalue weighted by atomic mass is 16.4. The fraction of sp³-hybridized carbons (Fsp3) is 0.588. The third-order valence-corrected chi connectivity index (χ3v) is 4.94. The van der Waals surface area contributed by atoms with E-state index in [4.69, 9.17) is 0 Å². The minimum Gasteiger partial charge on any atom is -0.481 e. The van der Waals surface area contributed by atoms with Gasteiger partial charge in [0.15, 0.2) is 0 Å². The van der Waals surface area contributed by atoms with Crippen molar-refractivity contribution in [1.82, 2.24) is 4.90 Å². The van der Waals surface area contributed by atoms with E-state index < -0.39 is 5.97 Å². The molecule has 1 aromatic rings. The first-order chi connectivity index (χ1) is 9.77. The van der Waals surface area contributed by atoms with Gasteiger partial charge in [-0.2, -0.15) is 0 Å². The molecule has 2 atom stereocenters. The predicted molar refractivity (Wildman–Crippen MR) is 78.5 cm³/mol. The Hall–Kier alpha value is -1.35. The summed E-state index contributed by atoms with van der Waals surface area (Å²) in [5.74, 6) is -0.892. The van der Waals surface area contributed by atoms with Gasteiger partial charge in [-0.05, 0) is 31.4 Å². The van der Waals surface area contributed by atoms with Crippen molar-refractivity contribution in [2.75, 3.05) is 6.54 Å². The van der Waals surface area contributed by atoms with Gasteiger partial charge in [0, 0.05) is 12.1 Å². The smallest absolute Gasteiger partial charge is 0.308 e. The molecule has 1 saturated carbocycles. The third kappa shape index (κ3) is 2.59. The van der Waals surface area contributed by atoms with Gasteiger partial charge in [-0.15, -0.1) is 0 Å². The number of benzene rings is 1. The summed E-state index contributed by atoms with van der Waals surface area (Å²) in [6.07, 6.45) is 7.17. The van der Waals surface area contributed by atoms with Crippen LogP contribution in [0.15, 0.2) is 30.3 Å². The Morgan fingerprint density at radius 2 is 1.75 bits per heavy atom. The lowest BCUT2D eigenvalue weighted by Crippen LogP contribution is -2.38. The Labute approximate surface area is 120 Å². The Morgan fingerprint density at radius 3 is 2.40 bits per heavy atom. The van der Waals surface area contributed by atoms with Crippen LogP contribution < -0.4 is 0 Å². The van der Waals surface area contributed by atoms with Crippen molar-refractivity contribution in [2.45, 2.75) is 50.6 Å². The molecule has 0 spiro atoms. The first-order valence-corrected chi connectivity index (χ1v) is 7.81. The SMILES string of the molecule is O=C(O)C1CCN(C2CCCCC2)C1c1ccccc1. The Balaban J connectivity index is 1.87. The molecule has 108 valence electrons. The van der Waals surface area contributed by atoms with E-state index in [1.54, 1.807) is 0 Å². The second-order valence-electron chi connectivity index (χ2n) is 6.12. The molecule has 2 fully saturated rings. The molecule has 3 nitrogen and oxygen atoms in total. The molecule has 2 unspecified atom stereocenters. The summed E-state index contributed by atoms with van der Waals surface area (Å²) in [5.41, 5.74) is 1.17. The highest BCUT2D eigenvalue weighted by molar-refractivity contribution is 5.71. The van der Waals surface area contributed by atoms with Crippen LogP contribution in [0.5, 0.6) is 0 Å². The van der Waals surface area contributed by atoms with Crippen LogP contribution in [0, 0.1) is 5.92 Å². The first kappa shape index (κ1) is 13.6. The molecule has 1 saturated heterocycles. The normalized spacial score (nSPS) is 28.6. The average Bonchev–Trinajstić information content (AvgIpc) is 2.94. The van der Waals surface area contributed by atoms with E-state index in [-0.39, 0.29) is 12.0 Å². The molecule has 1 aromatic carbocycles. The minimum absolute atomic E-state index is 0.0665. The summed E-state index contributed by atoms with van der Waals surface area (Å²) >= 11 is 0. The van der Waals surface area contributed by atoms with Gasteiger partial charge in [-0.1, -0.05) is 49.6 Å². The monoisotopic (exact) mass is 273 g/mol. The number of likely N-dealkylation sites (tertiary alicyclic amines) is 1. The van der Waals surface area contributed by atoms with E-state index in [1.165, 1.54) is 37.7 Å². The zero-order chi connectivity index (χ0) is 13.9. The molecule has 0 radical (unpaired) electrons. The van der Waals surface area contributed by atoms with E-state index in [9.17, 15) is 9.90 Å². The topological polar surface area (TPSA) is 40.5 Å². The molecule has 2 aliphatic rings. The summed E-state index contributed by atoms with van der Waals surface area (Å²) < 4.78 is 0. The van der Waals surface area contributed by atoms with E-state index in [2.05, 4.69) is 17.0 Å². The second kappa shape index (κ2) is 5.96. The van der Waals surface area contributed by atoms with Gasteiger partial charge in [0.1, 0.15) is 0 Å². The van der Waals surface area contributed by atoms with E-state index in [0.717, 1.165) is 13.0 Å². The highest BCUT2D eigenvalue weighted by Crippen LogP contribution is 2.41. The lowest BCUT2D eigenvalue weighted by atomic mass is 9.90. The highest BCUT2D eigenvalue weighted by Gasteiger charge is 2.42. The maximum absolute atomic E-state index is 11.6. The van der Waals surface area contributed by atoms with Crippen molar-refractivity contribution in [3.63, 3.8) is 0 Å². The summed E-state index contributed by atoms with van der Waals surface area (Å²) in [6, 6.07) is 10.9. The summed E-state index contributed by atoms with van der Waals surface area (Å²) in [4.78, 5) is 14.1. The number of hydrogen-bond donors (Lipinski definition) is 1. The van der Waals surface area contributed by atoms with Crippen LogP contribution in [-0.4, -0.2) is 28.6 Å².